The number of carbonyl (C=O) groups excluding carboxylic acids is 1. The van der Waals surface area contributed by atoms with Crippen molar-refractivity contribution in [1.29, 1.82) is 0 Å². The van der Waals surface area contributed by atoms with Crippen molar-refractivity contribution in [3.05, 3.63) is 11.6 Å². The van der Waals surface area contributed by atoms with E-state index in [1.807, 2.05) is 13.0 Å². The van der Waals surface area contributed by atoms with E-state index in [1.165, 1.54) is 25.7 Å². The van der Waals surface area contributed by atoms with Gasteiger partial charge < -0.3 is 35.0 Å². The van der Waals surface area contributed by atoms with Crippen molar-refractivity contribution in [2.45, 2.75) is 72.6 Å². The summed E-state index contributed by atoms with van der Waals surface area (Å²) >= 11 is 0. The number of allylic oxidation sites excluding steroid dienone is 1. The zero-order valence-corrected chi connectivity index (χ0v) is 21.8. The highest BCUT2D eigenvalue weighted by Crippen LogP contribution is 2.22. The molecule has 0 rings (SSSR count). The molecule has 0 radical (unpaired) electrons. The molecule has 0 aliphatic heterocycles. The third-order valence-corrected chi connectivity index (χ3v) is 6.40. The van der Waals surface area contributed by atoms with Crippen LogP contribution in [0, 0.1) is 22.7 Å². The number of ether oxygens (including phenoxy) is 2. The Balaban J connectivity index is 4.42. The van der Waals surface area contributed by atoms with Gasteiger partial charge in [-0.3, -0.25) is 4.79 Å². The van der Waals surface area contributed by atoms with Crippen LogP contribution in [0.25, 0.3) is 0 Å². The molecule has 0 bridgehead atoms. The zero-order chi connectivity index (χ0) is 26.0. The quantitative estimate of drug-likeness (QED) is 0.122. The number of carbonyl (C=O) groups is 1. The van der Waals surface area contributed by atoms with Crippen LogP contribution in [0.2, 0.25) is 0 Å². The summed E-state index contributed by atoms with van der Waals surface area (Å²) in [6, 6.07) is 0. The molecule has 0 saturated carbocycles. The molecule has 1 atom stereocenters. The first-order chi connectivity index (χ1) is 16.1. The fourth-order valence-corrected chi connectivity index (χ4v) is 3.45. The molecule has 5 N–H and O–H groups in total. The van der Waals surface area contributed by atoms with Crippen molar-refractivity contribution >= 4 is 5.97 Å². The second kappa shape index (κ2) is 18.3. The van der Waals surface area contributed by atoms with Gasteiger partial charge in [-0.05, 0) is 31.6 Å². The molecule has 8 heteroatoms. The van der Waals surface area contributed by atoms with E-state index in [-0.39, 0.29) is 26.2 Å². The van der Waals surface area contributed by atoms with Gasteiger partial charge >= 0.3 is 5.97 Å². The van der Waals surface area contributed by atoms with Crippen LogP contribution in [0.4, 0.5) is 0 Å². The lowest BCUT2D eigenvalue weighted by Crippen LogP contribution is -2.44. The first kappa shape index (κ1) is 33.0. The van der Waals surface area contributed by atoms with Crippen molar-refractivity contribution in [3.63, 3.8) is 0 Å². The van der Waals surface area contributed by atoms with Crippen molar-refractivity contribution in [1.82, 2.24) is 0 Å². The van der Waals surface area contributed by atoms with Gasteiger partial charge in [0.25, 0.3) is 0 Å². The second-order valence-electron chi connectivity index (χ2n) is 10.5. The van der Waals surface area contributed by atoms with Crippen LogP contribution in [-0.2, 0) is 14.3 Å². The lowest BCUT2D eigenvalue weighted by Gasteiger charge is -2.32. The lowest BCUT2D eigenvalue weighted by molar-refractivity contribution is -0.153. The summed E-state index contributed by atoms with van der Waals surface area (Å²) in [5.74, 6) is 1.01. The number of hydrogen-bond acceptors (Lipinski definition) is 8. The second-order valence-corrected chi connectivity index (χ2v) is 10.5. The molecular formula is C26H50O8. The van der Waals surface area contributed by atoms with Gasteiger partial charge in [-0.1, -0.05) is 58.1 Å². The van der Waals surface area contributed by atoms with Crippen LogP contribution in [0.5, 0.6) is 0 Å². The van der Waals surface area contributed by atoms with Gasteiger partial charge in [0.2, 0.25) is 0 Å². The molecule has 0 aromatic rings. The summed E-state index contributed by atoms with van der Waals surface area (Å²) in [4.78, 5) is 12.2. The van der Waals surface area contributed by atoms with Crippen molar-refractivity contribution in [3.8, 4) is 0 Å². The lowest BCUT2D eigenvalue weighted by atomic mass is 9.90. The molecule has 0 aromatic carbocycles. The summed E-state index contributed by atoms with van der Waals surface area (Å²) in [6.07, 6.45) is 9.00. The van der Waals surface area contributed by atoms with Crippen LogP contribution in [-0.4, -0.2) is 84.4 Å². The van der Waals surface area contributed by atoms with E-state index in [0.29, 0.717) is 5.92 Å². The van der Waals surface area contributed by atoms with Crippen molar-refractivity contribution in [2.75, 3.05) is 52.9 Å². The minimum Gasteiger partial charge on any atom is -0.465 e. The molecule has 0 heterocycles. The van der Waals surface area contributed by atoms with E-state index in [0.717, 1.165) is 24.3 Å². The molecule has 0 saturated heterocycles. The highest BCUT2D eigenvalue weighted by Gasteiger charge is 2.34. The third kappa shape index (κ3) is 13.8. The Morgan fingerprint density at radius 3 is 1.85 bits per heavy atom. The molecule has 202 valence electrons. The Morgan fingerprint density at radius 1 is 0.794 bits per heavy atom. The van der Waals surface area contributed by atoms with Crippen LogP contribution < -0.4 is 0 Å². The maximum Gasteiger partial charge on any atom is 0.309 e. The fraction of sp³-hybridized carbons (Fsp3) is 0.885. The monoisotopic (exact) mass is 490 g/mol. The van der Waals surface area contributed by atoms with E-state index in [1.54, 1.807) is 0 Å². The van der Waals surface area contributed by atoms with Crippen LogP contribution in [0.15, 0.2) is 11.6 Å². The molecule has 0 fully saturated rings. The molecule has 34 heavy (non-hydrogen) atoms. The Bertz CT molecular complexity index is 545. The van der Waals surface area contributed by atoms with Gasteiger partial charge in [0.05, 0.1) is 63.5 Å². The predicted octanol–water partition coefficient (Wildman–Crippen LogP) is 2.45. The highest BCUT2D eigenvalue weighted by molar-refractivity contribution is 5.71. The SMILES string of the molecule is C/C(=C\CC(=O)OCC(CO)(CO)COCC(CO)(CO)CO)CCCC(C)CCCC(C)C. The smallest absolute Gasteiger partial charge is 0.309 e. The fourth-order valence-electron chi connectivity index (χ4n) is 3.45. The van der Waals surface area contributed by atoms with E-state index in [9.17, 15) is 30.3 Å². The summed E-state index contributed by atoms with van der Waals surface area (Å²) in [5.41, 5.74) is -1.30. The van der Waals surface area contributed by atoms with Gasteiger partial charge in [0.1, 0.15) is 6.61 Å². The summed E-state index contributed by atoms with van der Waals surface area (Å²) in [6.45, 7) is 5.83. The molecule has 0 aliphatic rings. The first-order valence-corrected chi connectivity index (χ1v) is 12.5. The van der Waals surface area contributed by atoms with Gasteiger partial charge in [-0.15, -0.1) is 0 Å². The number of aliphatic hydroxyl groups excluding tert-OH is 5. The maximum absolute atomic E-state index is 12.2. The van der Waals surface area contributed by atoms with Crippen molar-refractivity contribution < 1.29 is 39.8 Å². The van der Waals surface area contributed by atoms with E-state index in [4.69, 9.17) is 9.47 Å². The molecular weight excluding hydrogens is 440 g/mol. The summed E-state index contributed by atoms with van der Waals surface area (Å²) < 4.78 is 10.7. The largest absolute Gasteiger partial charge is 0.465 e. The molecule has 8 nitrogen and oxygen atoms in total. The Labute approximate surface area is 206 Å². The average molecular weight is 491 g/mol. The molecule has 0 spiro atoms. The van der Waals surface area contributed by atoms with E-state index < -0.39 is 49.8 Å². The normalized spacial score (nSPS) is 14.0. The summed E-state index contributed by atoms with van der Waals surface area (Å²) in [5, 5.41) is 47.6. The number of aliphatic hydroxyl groups is 5. The zero-order valence-electron chi connectivity index (χ0n) is 21.8. The highest BCUT2D eigenvalue weighted by atomic mass is 16.5. The molecule has 0 amide bonds. The number of rotatable bonds is 21. The predicted molar refractivity (Wildman–Crippen MR) is 132 cm³/mol. The Morgan fingerprint density at radius 2 is 1.32 bits per heavy atom. The van der Waals surface area contributed by atoms with Crippen LogP contribution >= 0.6 is 0 Å². The van der Waals surface area contributed by atoms with Gasteiger partial charge in [0.15, 0.2) is 0 Å². The molecule has 1 unspecified atom stereocenters. The Kier molecular flexibility index (Phi) is 17.7. The minimum absolute atomic E-state index is 0.117. The number of hydrogen-bond donors (Lipinski definition) is 5. The van der Waals surface area contributed by atoms with Crippen LogP contribution in [0.1, 0.15) is 72.6 Å². The third-order valence-electron chi connectivity index (χ3n) is 6.40. The van der Waals surface area contributed by atoms with Gasteiger partial charge in [0, 0.05) is 0 Å². The van der Waals surface area contributed by atoms with Crippen LogP contribution in [0.3, 0.4) is 0 Å². The standard InChI is InChI=1S/C26H50O8/c1-21(2)7-5-8-22(3)9-6-10-23(4)11-12-24(32)34-20-26(16-30,17-31)19-33-18-25(13-27,14-28)15-29/h11,21-22,27-31H,5-10,12-20H2,1-4H3/b23-11+. The van der Waals surface area contributed by atoms with Gasteiger partial charge in [-0.2, -0.15) is 0 Å². The van der Waals surface area contributed by atoms with Crippen molar-refractivity contribution in [2.24, 2.45) is 22.7 Å². The Hall–Kier alpha value is -1.03. The number of esters is 1. The van der Waals surface area contributed by atoms with E-state index >= 15 is 0 Å². The average Bonchev–Trinajstić information content (AvgIpc) is 2.83. The van der Waals surface area contributed by atoms with E-state index in [2.05, 4.69) is 20.8 Å². The first-order valence-electron chi connectivity index (χ1n) is 12.5. The topological polar surface area (TPSA) is 137 Å². The maximum atomic E-state index is 12.2. The minimum atomic E-state index is -1.22. The summed E-state index contributed by atoms with van der Waals surface area (Å²) in [7, 11) is 0. The molecule has 0 aromatic heterocycles. The molecule has 0 aliphatic carbocycles. The van der Waals surface area contributed by atoms with Gasteiger partial charge in [-0.25, -0.2) is 0 Å².